The van der Waals surface area contributed by atoms with Gasteiger partial charge in [-0.1, -0.05) is 0 Å². The molecule has 0 aromatic carbocycles. The van der Waals surface area contributed by atoms with Gasteiger partial charge in [-0.25, -0.2) is 23.4 Å². The van der Waals surface area contributed by atoms with Crippen LogP contribution in [-0.4, -0.2) is 69.8 Å². The van der Waals surface area contributed by atoms with Crippen LogP contribution < -0.4 is 9.46 Å². The third-order valence-electron chi connectivity index (χ3n) is 5.47. The second-order valence-corrected chi connectivity index (χ2v) is 10.6. The smallest absolute Gasteiger partial charge is 0.240 e. The molecule has 1 N–H and O–H groups in total. The van der Waals surface area contributed by atoms with E-state index in [4.69, 9.17) is 14.2 Å². The molecular weight excluding hydrogens is 474 g/mol. The van der Waals surface area contributed by atoms with Crippen molar-refractivity contribution in [3.8, 4) is 17.3 Å². The Labute approximate surface area is 204 Å². The lowest BCUT2D eigenvalue weighted by molar-refractivity contribution is 0.00152. The van der Waals surface area contributed by atoms with Gasteiger partial charge in [0.15, 0.2) is 11.6 Å². The fourth-order valence-electron chi connectivity index (χ4n) is 3.74. The molecule has 0 radical (unpaired) electrons. The highest BCUT2D eigenvalue weighted by atomic mass is 32.2. The van der Waals surface area contributed by atoms with Gasteiger partial charge in [-0.05, 0) is 45.4 Å². The van der Waals surface area contributed by atoms with Crippen molar-refractivity contribution in [2.24, 2.45) is 0 Å². The lowest BCUT2D eigenvalue weighted by Gasteiger charge is -2.26. The van der Waals surface area contributed by atoms with Crippen LogP contribution in [0.15, 0.2) is 30.7 Å². The highest BCUT2D eigenvalue weighted by Crippen LogP contribution is 2.35. The molecule has 0 spiro atoms. The lowest BCUT2D eigenvalue weighted by Crippen LogP contribution is -2.35. The molecule has 12 nitrogen and oxygen atoms in total. The van der Waals surface area contributed by atoms with Gasteiger partial charge in [-0.2, -0.15) is 0 Å². The molecule has 0 bridgehead atoms. The first-order valence-electron chi connectivity index (χ1n) is 11.2. The van der Waals surface area contributed by atoms with E-state index in [-0.39, 0.29) is 31.1 Å². The van der Waals surface area contributed by atoms with Crippen molar-refractivity contribution in [1.82, 2.24) is 29.7 Å². The van der Waals surface area contributed by atoms with Crippen molar-refractivity contribution in [3.63, 3.8) is 0 Å². The molecule has 4 heterocycles. The average molecular weight is 504 g/mol. The Morgan fingerprint density at radius 2 is 1.94 bits per heavy atom. The largest absolute Gasteiger partial charge is 0.475 e. The third-order valence-corrected chi connectivity index (χ3v) is 7.16. The van der Waals surface area contributed by atoms with Crippen LogP contribution in [0.25, 0.3) is 11.4 Å². The van der Waals surface area contributed by atoms with Gasteiger partial charge in [-0.15, -0.1) is 10.2 Å². The van der Waals surface area contributed by atoms with E-state index in [1.807, 2.05) is 20.8 Å². The number of rotatable bonds is 9. The first-order chi connectivity index (χ1) is 16.7. The number of sulfonamides is 1. The molecule has 0 saturated heterocycles. The predicted octanol–water partition coefficient (Wildman–Crippen LogP) is 2.31. The molecule has 0 amide bonds. The van der Waals surface area contributed by atoms with Gasteiger partial charge in [0.05, 0.1) is 24.3 Å². The summed E-state index contributed by atoms with van der Waals surface area (Å²) in [5.74, 6) is 1.15. The number of aryl methyl sites for hydroxylation is 1. The molecule has 4 rings (SSSR count). The second kappa shape index (κ2) is 10.2. The molecule has 1 aliphatic heterocycles. The monoisotopic (exact) mass is 503 g/mol. The predicted molar refractivity (Wildman–Crippen MR) is 127 cm³/mol. The van der Waals surface area contributed by atoms with Crippen LogP contribution >= 0.6 is 0 Å². The van der Waals surface area contributed by atoms with Crippen molar-refractivity contribution in [2.75, 3.05) is 25.0 Å². The van der Waals surface area contributed by atoms with Gasteiger partial charge in [0.1, 0.15) is 18.0 Å². The zero-order valence-electron chi connectivity index (χ0n) is 20.2. The van der Waals surface area contributed by atoms with Gasteiger partial charge < -0.3 is 14.2 Å². The molecule has 0 saturated carbocycles. The normalized spacial score (nSPS) is 17.1. The molecule has 1 aliphatic rings. The van der Waals surface area contributed by atoms with Gasteiger partial charge in [-0.3, -0.25) is 9.29 Å². The van der Waals surface area contributed by atoms with Gasteiger partial charge in [0, 0.05) is 25.7 Å². The average Bonchev–Trinajstić information content (AvgIpc) is 3.15. The topological polar surface area (TPSA) is 143 Å². The van der Waals surface area contributed by atoms with Crippen LogP contribution in [0.5, 0.6) is 5.88 Å². The number of ether oxygens (including phenoxy) is 3. The number of anilines is 1. The number of methoxy groups -OCH3 is 1. The molecule has 13 heteroatoms. The second-order valence-electron chi connectivity index (χ2n) is 8.57. The number of aromatic nitrogens is 6. The molecule has 3 atom stereocenters. The summed E-state index contributed by atoms with van der Waals surface area (Å²) in [6.07, 6.45) is 3.72. The highest BCUT2D eigenvalue weighted by molar-refractivity contribution is 7.93. The van der Waals surface area contributed by atoms with Crippen LogP contribution in [0.1, 0.15) is 44.3 Å². The van der Waals surface area contributed by atoms with E-state index in [0.29, 0.717) is 17.3 Å². The van der Waals surface area contributed by atoms with E-state index in [1.165, 1.54) is 0 Å². The molecule has 3 aromatic heterocycles. The summed E-state index contributed by atoms with van der Waals surface area (Å²) in [5, 5.41) is 7.36. The van der Waals surface area contributed by atoms with Gasteiger partial charge >= 0.3 is 0 Å². The van der Waals surface area contributed by atoms with E-state index >= 15 is 0 Å². The van der Waals surface area contributed by atoms with Crippen molar-refractivity contribution in [2.45, 2.75) is 51.2 Å². The van der Waals surface area contributed by atoms with Gasteiger partial charge in [0.2, 0.25) is 21.9 Å². The molecular formula is C22H29N7O5S. The maximum Gasteiger partial charge on any atom is 0.240 e. The maximum absolute atomic E-state index is 13.5. The number of hydrogen-bond acceptors (Lipinski definition) is 10. The Kier molecular flexibility index (Phi) is 7.28. The van der Waals surface area contributed by atoms with Crippen LogP contribution in [0.2, 0.25) is 0 Å². The number of pyridine rings is 1. The first-order valence-corrected chi connectivity index (χ1v) is 12.7. The minimum absolute atomic E-state index is 0.0438. The van der Waals surface area contributed by atoms with Crippen molar-refractivity contribution in [3.05, 3.63) is 42.1 Å². The van der Waals surface area contributed by atoms with E-state index < -0.39 is 27.4 Å². The van der Waals surface area contributed by atoms with E-state index in [9.17, 15) is 8.42 Å². The minimum Gasteiger partial charge on any atom is -0.475 e. The molecule has 0 unspecified atom stereocenters. The van der Waals surface area contributed by atoms with Crippen molar-refractivity contribution < 1.29 is 22.6 Å². The number of hydrogen-bond donors (Lipinski definition) is 1. The van der Waals surface area contributed by atoms with E-state index in [2.05, 4.69) is 29.9 Å². The quantitative estimate of drug-likeness (QED) is 0.462. The Balaban J connectivity index is 1.70. The lowest BCUT2D eigenvalue weighted by atomic mass is 10.2. The van der Waals surface area contributed by atoms with Crippen molar-refractivity contribution >= 4 is 16.0 Å². The van der Waals surface area contributed by atoms with Crippen LogP contribution in [-0.2, 0) is 19.5 Å². The number of nitrogens with one attached hydrogen (secondary N) is 1. The summed E-state index contributed by atoms with van der Waals surface area (Å²) >= 11 is 0. The first kappa shape index (κ1) is 24.9. The summed E-state index contributed by atoms with van der Waals surface area (Å²) in [5.41, 5.74) is 1.46. The van der Waals surface area contributed by atoms with Crippen LogP contribution in [0.4, 0.5) is 5.95 Å². The standard InChI is InChI=1S/C22H29N7O5S/c1-13(2)34-18(19-24-9-14(3)10-25-19)15(4)35(30,31)28-22-27-26-20-17-7-6-8-23-21(17)33-12-16(11-32-5)29(20)22/h6-10,13,15-16,18H,11-12H2,1-5H3,(H,27,28)/t15-,16-,18-/m0/s1. The fraction of sp³-hybridized carbons (Fsp3) is 0.500. The summed E-state index contributed by atoms with van der Waals surface area (Å²) in [7, 11) is -2.47. The van der Waals surface area contributed by atoms with Crippen molar-refractivity contribution in [1.29, 1.82) is 0 Å². The van der Waals surface area contributed by atoms with Gasteiger partial charge in [0.25, 0.3) is 0 Å². The summed E-state index contributed by atoms with van der Waals surface area (Å²) in [4.78, 5) is 12.9. The Hall–Kier alpha value is -3.16. The Morgan fingerprint density at radius 3 is 2.63 bits per heavy atom. The third kappa shape index (κ3) is 5.26. The zero-order valence-corrected chi connectivity index (χ0v) is 21.1. The van der Waals surface area contributed by atoms with E-state index in [0.717, 1.165) is 5.56 Å². The number of fused-ring (bicyclic) bond motifs is 3. The van der Waals surface area contributed by atoms with Crippen LogP contribution in [0, 0.1) is 6.92 Å². The summed E-state index contributed by atoms with van der Waals surface area (Å²) < 4.78 is 48.5. The van der Waals surface area contributed by atoms with Crippen LogP contribution in [0.3, 0.4) is 0 Å². The van der Waals surface area contributed by atoms with E-state index in [1.54, 1.807) is 49.3 Å². The highest BCUT2D eigenvalue weighted by Gasteiger charge is 2.37. The summed E-state index contributed by atoms with van der Waals surface area (Å²) in [6.45, 7) is 7.51. The fourth-order valence-corrected chi connectivity index (χ4v) is 4.83. The molecule has 0 aliphatic carbocycles. The molecule has 3 aromatic rings. The number of nitrogens with zero attached hydrogens (tertiary/aromatic N) is 6. The molecule has 0 fully saturated rings. The summed E-state index contributed by atoms with van der Waals surface area (Å²) in [6, 6.07) is 3.15. The Morgan fingerprint density at radius 1 is 1.20 bits per heavy atom. The Bertz CT molecular complexity index is 1260. The SMILES string of the molecule is COC[C@H]1COc2ncccc2-c2nnc(NS(=O)(=O)[C@@H](C)[C@H](OC(C)C)c3ncc(C)cn3)n21. The molecule has 35 heavy (non-hydrogen) atoms. The maximum atomic E-state index is 13.5. The molecule has 188 valence electrons. The minimum atomic E-state index is -4.02. The zero-order chi connectivity index (χ0) is 25.2.